The van der Waals surface area contributed by atoms with Gasteiger partial charge in [-0.1, -0.05) is 86.3 Å². The molecular weight excluding hydrogens is 572 g/mol. The van der Waals surface area contributed by atoms with Gasteiger partial charge in [-0.2, -0.15) is 0 Å². The molecule has 0 saturated heterocycles. The van der Waals surface area contributed by atoms with Crippen molar-refractivity contribution in [2.75, 3.05) is 0 Å². The van der Waals surface area contributed by atoms with E-state index in [-0.39, 0.29) is 50.8 Å². The first kappa shape index (κ1) is 37.5. The highest BCUT2D eigenvalue weighted by molar-refractivity contribution is 6.00. The molecule has 2 aromatic rings. The van der Waals surface area contributed by atoms with E-state index in [2.05, 4.69) is 0 Å². The predicted molar refractivity (Wildman–Crippen MR) is 173 cm³/mol. The Kier molecular flexibility index (Phi) is 15.3. The van der Waals surface area contributed by atoms with Gasteiger partial charge in [0.2, 0.25) is 0 Å². The van der Waals surface area contributed by atoms with Crippen LogP contribution in [-0.2, 0) is 51.3 Å². The van der Waals surface area contributed by atoms with Crippen LogP contribution in [-0.4, -0.2) is 35.1 Å². The molecule has 0 fully saturated rings. The lowest BCUT2D eigenvalue weighted by Crippen LogP contribution is -2.46. The highest BCUT2D eigenvalue weighted by atomic mass is 16.6. The second-order valence-corrected chi connectivity index (χ2v) is 13.5. The number of ether oxygens (including phenoxy) is 4. The van der Waals surface area contributed by atoms with Crippen LogP contribution < -0.4 is 0 Å². The normalized spacial score (nSPS) is 11.9. The van der Waals surface area contributed by atoms with Crippen molar-refractivity contribution >= 4 is 23.9 Å². The van der Waals surface area contributed by atoms with E-state index in [0.29, 0.717) is 38.5 Å². The van der Waals surface area contributed by atoms with Crippen LogP contribution in [0.1, 0.15) is 117 Å². The third kappa shape index (κ3) is 15.2. The molecule has 248 valence electrons. The molecule has 0 saturated carbocycles. The SMILES string of the molecule is CC(C)(C)OC(=O)C(CCCCCC(=O)OCc1ccccc1)(CCCCCC(=O)OCc1ccccc1)C(=O)OC(C)(C)C. The molecule has 0 N–H and O–H groups in total. The molecule has 0 atom stereocenters. The number of unbranched alkanes of at least 4 members (excludes halogenated alkanes) is 4. The number of carbonyl (C=O) groups excluding carboxylic acids is 4. The van der Waals surface area contributed by atoms with Crippen LogP contribution in [0.3, 0.4) is 0 Å². The van der Waals surface area contributed by atoms with E-state index >= 15 is 0 Å². The summed E-state index contributed by atoms with van der Waals surface area (Å²) in [5.41, 5.74) is -1.24. The second kappa shape index (κ2) is 18.3. The fourth-order valence-electron chi connectivity index (χ4n) is 4.73. The summed E-state index contributed by atoms with van der Waals surface area (Å²) < 4.78 is 22.3. The van der Waals surface area contributed by atoms with E-state index in [4.69, 9.17) is 18.9 Å². The predicted octanol–water partition coefficient (Wildman–Crippen LogP) is 8.04. The topological polar surface area (TPSA) is 105 Å². The van der Waals surface area contributed by atoms with Crippen LogP contribution >= 0.6 is 0 Å². The molecule has 8 heteroatoms. The molecule has 0 unspecified atom stereocenters. The van der Waals surface area contributed by atoms with E-state index in [1.807, 2.05) is 60.7 Å². The largest absolute Gasteiger partial charge is 0.461 e. The fourth-order valence-corrected chi connectivity index (χ4v) is 4.73. The molecule has 0 heterocycles. The zero-order valence-corrected chi connectivity index (χ0v) is 28.0. The molecule has 0 radical (unpaired) electrons. The number of hydrogen-bond donors (Lipinski definition) is 0. The number of benzene rings is 2. The van der Waals surface area contributed by atoms with Gasteiger partial charge >= 0.3 is 23.9 Å². The van der Waals surface area contributed by atoms with E-state index < -0.39 is 28.6 Å². The minimum Gasteiger partial charge on any atom is -0.461 e. The van der Waals surface area contributed by atoms with E-state index in [9.17, 15) is 19.2 Å². The molecular formula is C37H52O8. The average Bonchev–Trinajstić information content (AvgIpc) is 2.97. The first-order valence-electron chi connectivity index (χ1n) is 16.1. The molecule has 2 aromatic carbocycles. The minimum absolute atomic E-state index is 0.227. The fraction of sp³-hybridized carbons (Fsp3) is 0.568. The smallest absolute Gasteiger partial charge is 0.324 e. The Morgan fingerprint density at radius 2 is 0.867 bits per heavy atom. The van der Waals surface area contributed by atoms with Crippen molar-refractivity contribution in [1.29, 1.82) is 0 Å². The summed E-state index contributed by atoms with van der Waals surface area (Å²) >= 11 is 0. The van der Waals surface area contributed by atoms with E-state index in [1.165, 1.54) is 0 Å². The Balaban J connectivity index is 1.98. The maximum Gasteiger partial charge on any atom is 0.324 e. The van der Waals surface area contributed by atoms with Crippen LogP contribution in [0.2, 0.25) is 0 Å². The summed E-state index contributed by atoms with van der Waals surface area (Å²) in [7, 11) is 0. The van der Waals surface area contributed by atoms with Crippen molar-refractivity contribution in [2.45, 2.75) is 130 Å². The maximum absolute atomic E-state index is 13.7. The standard InChI is InChI=1S/C37H52O8/c1-35(2,3)44-33(40)37(34(41)45-36(4,5)6,25-17-9-15-23-31(38)42-27-29-19-11-7-12-20-29)26-18-10-16-24-32(39)43-28-30-21-13-8-14-22-30/h7-8,11-14,19-22H,9-10,15-18,23-28H2,1-6H3. The van der Waals surface area contributed by atoms with Gasteiger partial charge in [0.1, 0.15) is 24.4 Å². The lowest BCUT2D eigenvalue weighted by atomic mass is 9.77. The number of rotatable bonds is 18. The lowest BCUT2D eigenvalue weighted by molar-refractivity contribution is -0.187. The number of carbonyl (C=O) groups is 4. The van der Waals surface area contributed by atoms with Gasteiger partial charge in [0.05, 0.1) is 0 Å². The highest BCUT2D eigenvalue weighted by Gasteiger charge is 2.50. The number of esters is 4. The third-order valence-corrected chi connectivity index (χ3v) is 7.03. The molecule has 8 nitrogen and oxygen atoms in total. The molecule has 45 heavy (non-hydrogen) atoms. The minimum atomic E-state index is -1.50. The summed E-state index contributed by atoms with van der Waals surface area (Å²) in [5.74, 6) is -1.78. The average molecular weight is 625 g/mol. The zero-order valence-electron chi connectivity index (χ0n) is 28.0. The van der Waals surface area contributed by atoms with Gasteiger partial charge in [-0.25, -0.2) is 0 Å². The first-order valence-corrected chi connectivity index (χ1v) is 16.1. The molecule has 0 amide bonds. The molecule has 0 bridgehead atoms. The quantitative estimate of drug-likeness (QED) is 0.0710. The molecule has 0 aliphatic heterocycles. The van der Waals surface area contributed by atoms with Crippen LogP contribution in [0.15, 0.2) is 60.7 Å². The van der Waals surface area contributed by atoms with E-state index in [1.54, 1.807) is 41.5 Å². The lowest BCUT2D eigenvalue weighted by Gasteiger charge is -2.35. The van der Waals surface area contributed by atoms with Gasteiger partial charge in [0, 0.05) is 12.8 Å². The van der Waals surface area contributed by atoms with Crippen LogP contribution in [0.5, 0.6) is 0 Å². The third-order valence-electron chi connectivity index (χ3n) is 7.03. The Bertz CT molecular complexity index is 1100. The van der Waals surface area contributed by atoms with Crippen molar-refractivity contribution in [3.63, 3.8) is 0 Å². The molecule has 0 aromatic heterocycles. The Labute approximate surface area is 269 Å². The molecule has 2 rings (SSSR count). The Morgan fingerprint density at radius 3 is 1.20 bits per heavy atom. The summed E-state index contributed by atoms with van der Waals surface area (Å²) in [4.78, 5) is 52.0. The van der Waals surface area contributed by atoms with Crippen molar-refractivity contribution < 1.29 is 38.1 Å². The van der Waals surface area contributed by atoms with Crippen molar-refractivity contribution in [3.05, 3.63) is 71.8 Å². The monoisotopic (exact) mass is 624 g/mol. The van der Waals surface area contributed by atoms with E-state index in [0.717, 1.165) is 11.1 Å². The van der Waals surface area contributed by atoms with Gasteiger partial charge in [-0.15, -0.1) is 0 Å². The zero-order chi connectivity index (χ0) is 33.3. The molecule has 0 aliphatic rings. The van der Waals surface area contributed by atoms with Crippen LogP contribution in [0.4, 0.5) is 0 Å². The van der Waals surface area contributed by atoms with Crippen molar-refractivity contribution in [1.82, 2.24) is 0 Å². The first-order chi connectivity index (χ1) is 21.2. The van der Waals surface area contributed by atoms with Gasteiger partial charge in [-0.05, 0) is 78.4 Å². The Morgan fingerprint density at radius 1 is 0.511 bits per heavy atom. The van der Waals surface area contributed by atoms with Crippen LogP contribution in [0.25, 0.3) is 0 Å². The molecule has 0 spiro atoms. The van der Waals surface area contributed by atoms with Gasteiger partial charge in [-0.3, -0.25) is 19.2 Å². The second-order valence-electron chi connectivity index (χ2n) is 13.5. The number of hydrogen-bond acceptors (Lipinski definition) is 8. The highest BCUT2D eigenvalue weighted by Crippen LogP contribution is 2.38. The van der Waals surface area contributed by atoms with Gasteiger partial charge in [0.15, 0.2) is 5.41 Å². The van der Waals surface area contributed by atoms with Crippen molar-refractivity contribution in [3.8, 4) is 0 Å². The summed E-state index contributed by atoms with van der Waals surface area (Å²) in [5, 5.41) is 0. The molecule has 0 aliphatic carbocycles. The van der Waals surface area contributed by atoms with Gasteiger partial charge in [0.25, 0.3) is 0 Å². The summed E-state index contributed by atoms with van der Waals surface area (Å²) in [6, 6.07) is 19.0. The maximum atomic E-state index is 13.7. The van der Waals surface area contributed by atoms with Crippen molar-refractivity contribution in [2.24, 2.45) is 5.41 Å². The van der Waals surface area contributed by atoms with Crippen LogP contribution in [0, 0.1) is 5.41 Å². The van der Waals surface area contributed by atoms with Gasteiger partial charge < -0.3 is 18.9 Å². The summed E-state index contributed by atoms with van der Waals surface area (Å²) in [6.45, 7) is 11.1. The summed E-state index contributed by atoms with van der Waals surface area (Å²) in [6.07, 6.45) is 4.39. The Hall–Kier alpha value is -3.68.